The summed E-state index contributed by atoms with van der Waals surface area (Å²) in [5.41, 5.74) is 0.576. The zero-order valence-corrected chi connectivity index (χ0v) is 20.5. The summed E-state index contributed by atoms with van der Waals surface area (Å²) in [6, 6.07) is 7.76. The van der Waals surface area contributed by atoms with Gasteiger partial charge in [0, 0.05) is 19.1 Å². The second-order valence-electron chi connectivity index (χ2n) is 10.8. The Morgan fingerprint density at radius 1 is 1.12 bits per heavy atom. The lowest BCUT2D eigenvalue weighted by Crippen LogP contribution is -2.50. The largest absolute Gasteiger partial charge is 0.494 e. The molecule has 2 fully saturated rings. The van der Waals surface area contributed by atoms with Crippen molar-refractivity contribution in [3.8, 4) is 0 Å². The van der Waals surface area contributed by atoms with Crippen LogP contribution in [0.2, 0.25) is 0 Å². The van der Waals surface area contributed by atoms with Crippen LogP contribution in [0.1, 0.15) is 66.9 Å². The molecule has 3 rings (SSSR count). The smallest absolute Gasteiger partial charge is 0.444 e. The van der Waals surface area contributed by atoms with E-state index in [1.807, 2.05) is 77.6 Å². The van der Waals surface area contributed by atoms with E-state index in [-0.39, 0.29) is 23.2 Å². The molecular weight excluding hydrogens is 407 g/mol. The number of amides is 2. The van der Waals surface area contributed by atoms with Gasteiger partial charge in [-0.2, -0.15) is 0 Å². The van der Waals surface area contributed by atoms with E-state index in [1.54, 1.807) is 0 Å². The lowest BCUT2D eigenvalue weighted by atomic mass is 9.79. The molecule has 0 aromatic heterocycles. The van der Waals surface area contributed by atoms with Gasteiger partial charge in [-0.3, -0.25) is 4.79 Å². The molecule has 0 aliphatic carbocycles. The third-order valence-corrected chi connectivity index (χ3v) is 6.36. The van der Waals surface area contributed by atoms with Gasteiger partial charge in [-0.15, -0.1) is 0 Å². The predicted molar refractivity (Wildman–Crippen MR) is 125 cm³/mol. The molecule has 0 bridgehead atoms. The van der Waals surface area contributed by atoms with Crippen LogP contribution in [0.3, 0.4) is 0 Å². The minimum Gasteiger partial charge on any atom is -0.444 e. The Hall–Kier alpha value is -2.06. The highest BCUT2D eigenvalue weighted by molar-refractivity contribution is 6.62. The van der Waals surface area contributed by atoms with Gasteiger partial charge in [0.1, 0.15) is 5.60 Å². The minimum absolute atomic E-state index is 0.0593. The van der Waals surface area contributed by atoms with Crippen LogP contribution in [-0.4, -0.2) is 60.0 Å². The second kappa shape index (κ2) is 9.06. The number of carbonyl (C=O) groups excluding carboxylic acids is 2. The lowest BCUT2D eigenvalue weighted by Gasteiger charge is -2.33. The van der Waals surface area contributed by atoms with Crippen molar-refractivity contribution < 1.29 is 23.6 Å². The van der Waals surface area contributed by atoms with Crippen molar-refractivity contribution in [1.29, 1.82) is 0 Å². The maximum Gasteiger partial charge on any atom is 0.494 e. The van der Waals surface area contributed by atoms with Gasteiger partial charge in [-0.25, -0.2) is 4.79 Å². The van der Waals surface area contributed by atoms with Gasteiger partial charge in [-0.05, 0) is 72.3 Å². The first-order chi connectivity index (χ1) is 14.8. The molecule has 1 N–H and O–H groups in total. The Kier molecular flexibility index (Phi) is 6.96. The van der Waals surface area contributed by atoms with E-state index in [0.29, 0.717) is 19.5 Å². The predicted octanol–water partition coefficient (Wildman–Crippen LogP) is 3.04. The maximum atomic E-state index is 12.9. The van der Waals surface area contributed by atoms with Crippen molar-refractivity contribution in [3.63, 3.8) is 0 Å². The van der Waals surface area contributed by atoms with Crippen LogP contribution < -0.4 is 10.8 Å². The summed E-state index contributed by atoms with van der Waals surface area (Å²) in [6.45, 7) is 14.8. The molecule has 2 amide bonds. The molecule has 1 atom stereocenters. The molecule has 1 aromatic carbocycles. The summed E-state index contributed by atoms with van der Waals surface area (Å²) in [4.78, 5) is 26.8. The third kappa shape index (κ3) is 6.04. The first-order valence-corrected chi connectivity index (χ1v) is 11.5. The maximum absolute atomic E-state index is 12.9. The van der Waals surface area contributed by atoms with Gasteiger partial charge < -0.3 is 24.3 Å². The van der Waals surface area contributed by atoms with Crippen molar-refractivity contribution in [2.75, 3.05) is 13.1 Å². The van der Waals surface area contributed by atoms with Gasteiger partial charge in [0.15, 0.2) is 0 Å². The summed E-state index contributed by atoms with van der Waals surface area (Å²) >= 11 is 0. The Morgan fingerprint density at radius 2 is 1.72 bits per heavy atom. The molecule has 1 aromatic rings. The number of nitrogens with zero attached hydrogens (tertiary/aromatic N) is 1. The van der Waals surface area contributed by atoms with E-state index in [0.717, 1.165) is 23.9 Å². The number of alkyl carbamates (subject to hydrolysis) is 1. The average Bonchev–Trinajstić information content (AvgIpc) is 2.88. The van der Waals surface area contributed by atoms with Gasteiger partial charge in [0.25, 0.3) is 0 Å². The molecule has 0 unspecified atom stereocenters. The van der Waals surface area contributed by atoms with E-state index in [9.17, 15) is 9.59 Å². The Labute approximate surface area is 192 Å². The summed E-state index contributed by atoms with van der Waals surface area (Å²) in [6.07, 6.45) is 1.58. The number of benzene rings is 1. The van der Waals surface area contributed by atoms with Crippen molar-refractivity contribution in [2.24, 2.45) is 0 Å². The minimum atomic E-state index is -0.541. The summed E-state index contributed by atoms with van der Waals surface area (Å²) < 4.78 is 17.5. The molecule has 0 saturated carbocycles. The number of piperidine rings is 1. The van der Waals surface area contributed by atoms with Gasteiger partial charge in [0.2, 0.25) is 5.91 Å². The third-order valence-electron chi connectivity index (χ3n) is 6.36. The van der Waals surface area contributed by atoms with Crippen LogP contribution in [0.25, 0.3) is 0 Å². The van der Waals surface area contributed by atoms with E-state index in [1.165, 1.54) is 0 Å². The van der Waals surface area contributed by atoms with Crippen molar-refractivity contribution in [2.45, 2.75) is 90.6 Å². The number of hydrogen-bond donors (Lipinski definition) is 1. The number of hydrogen-bond acceptors (Lipinski definition) is 5. The second-order valence-corrected chi connectivity index (χ2v) is 10.8. The Bertz CT molecular complexity index is 816. The molecule has 32 heavy (non-hydrogen) atoms. The summed E-state index contributed by atoms with van der Waals surface area (Å²) in [5, 5.41) is 2.89. The lowest BCUT2D eigenvalue weighted by molar-refractivity contribution is -0.131. The molecule has 2 aliphatic rings. The van der Waals surface area contributed by atoms with E-state index >= 15 is 0 Å². The van der Waals surface area contributed by atoms with Gasteiger partial charge in [0.05, 0.1) is 17.6 Å². The van der Waals surface area contributed by atoms with Crippen molar-refractivity contribution >= 4 is 24.6 Å². The molecule has 0 spiro atoms. The van der Waals surface area contributed by atoms with E-state index in [4.69, 9.17) is 14.0 Å². The Balaban J connectivity index is 1.54. The molecule has 2 heterocycles. The van der Waals surface area contributed by atoms with Crippen LogP contribution in [-0.2, 0) is 25.3 Å². The highest BCUT2D eigenvalue weighted by Crippen LogP contribution is 2.36. The van der Waals surface area contributed by atoms with Crippen molar-refractivity contribution in [1.82, 2.24) is 10.2 Å². The molecule has 176 valence electrons. The van der Waals surface area contributed by atoms with Crippen LogP contribution >= 0.6 is 0 Å². The topological polar surface area (TPSA) is 77.1 Å². The van der Waals surface area contributed by atoms with Crippen LogP contribution in [0.5, 0.6) is 0 Å². The molecule has 8 heteroatoms. The molecular formula is C24H37BN2O5. The number of nitrogens with one attached hydrogen (secondary N) is 1. The first-order valence-electron chi connectivity index (χ1n) is 11.5. The van der Waals surface area contributed by atoms with Crippen LogP contribution in [0, 0.1) is 0 Å². The fraction of sp³-hybridized carbons (Fsp3) is 0.667. The number of carbonyl (C=O) groups is 2. The normalized spacial score (nSPS) is 22.5. The van der Waals surface area contributed by atoms with Gasteiger partial charge in [-0.1, -0.05) is 24.3 Å². The summed E-state index contributed by atoms with van der Waals surface area (Å²) in [5.74, 6) is 0.0593. The van der Waals surface area contributed by atoms with E-state index < -0.39 is 18.8 Å². The monoisotopic (exact) mass is 444 g/mol. The fourth-order valence-corrected chi connectivity index (χ4v) is 3.85. The zero-order chi connectivity index (χ0) is 23.7. The highest BCUT2D eigenvalue weighted by atomic mass is 16.7. The van der Waals surface area contributed by atoms with Gasteiger partial charge >= 0.3 is 13.2 Å². The SMILES string of the molecule is CC(C)(C)OC(=O)N[C@H]1CCCN(C(=O)Cc2ccc(B3OC(C)(C)C(C)(C)O3)cc2)C1. The van der Waals surface area contributed by atoms with Crippen molar-refractivity contribution in [3.05, 3.63) is 29.8 Å². The molecule has 0 radical (unpaired) electrons. The molecule has 7 nitrogen and oxygen atoms in total. The van der Waals surface area contributed by atoms with Crippen LogP contribution in [0.15, 0.2) is 24.3 Å². The Morgan fingerprint density at radius 3 is 2.28 bits per heavy atom. The molecule has 2 saturated heterocycles. The number of ether oxygens (including phenoxy) is 1. The van der Waals surface area contributed by atoms with E-state index in [2.05, 4.69) is 5.32 Å². The summed E-state index contributed by atoms with van der Waals surface area (Å²) in [7, 11) is -0.411. The average molecular weight is 444 g/mol. The quantitative estimate of drug-likeness (QED) is 0.723. The first kappa shape index (κ1) is 24.6. The standard InChI is InChI=1S/C24H37BN2O5/c1-22(2,3)30-21(29)26-19-9-8-14-27(16-19)20(28)15-17-10-12-18(13-11-17)25-31-23(4,5)24(6,7)32-25/h10-13,19H,8-9,14-16H2,1-7H3,(H,26,29)/t19-/m0/s1. The fourth-order valence-electron chi connectivity index (χ4n) is 3.85. The zero-order valence-electron chi connectivity index (χ0n) is 20.5. The highest BCUT2D eigenvalue weighted by Gasteiger charge is 2.51. The van der Waals surface area contributed by atoms with Crippen LogP contribution in [0.4, 0.5) is 4.79 Å². The number of rotatable bonds is 4. The molecule has 2 aliphatic heterocycles. The number of likely N-dealkylation sites (tertiary alicyclic amines) is 1.